The number of sulfonamides is 1. The van der Waals surface area contributed by atoms with Crippen LogP contribution in [0.15, 0.2) is 23.1 Å². The first-order chi connectivity index (χ1) is 16.4. The molecule has 3 unspecified atom stereocenters. The molecule has 0 bridgehead atoms. The number of piperidine rings is 1. The van der Waals surface area contributed by atoms with E-state index in [-0.39, 0.29) is 36.0 Å². The van der Waals surface area contributed by atoms with Crippen molar-refractivity contribution in [2.24, 2.45) is 11.8 Å². The first-order valence-electron chi connectivity index (χ1n) is 12.0. The molecular weight excluding hydrogens is 456 g/mol. The van der Waals surface area contributed by atoms with E-state index in [0.29, 0.717) is 31.1 Å². The average Bonchev–Trinajstić information content (AvgIpc) is 3.32. The maximum absolute atomic E-state index is 12.9. The lowest BCUT2D eigenvalue weighted by atomic mass is 9.83. The Labute approximate surface area is 200 Å². The van der Waals surface area contributed by atoms with Gasteiger partial charge in [0.1, 0.15) is 6.17 Å². The molecule has 3 heterocycles. The van der Waals surface area contributed by atoms with Gasteiger partial charge in [-0.15, -0.1) is 0 Å². The van der Waals surface area contributed by atoms with Crippen LogP contribution in [0.2, 0.25) is 0 Å². The van der Waals surface area contributed by atoms with Crippen molar-refractivity contribution in [2.75, 3.05) is 32.1 Å². The summed E-state index contributed by atoms with van der Waals surface area (Å²) >= 11 is 0. The third kappa shape index (κ3) is 4.07. The van der Waals surface area contributed by atoms with Gasteiger partial charge in [-0.25, -0.2) is 18.9 Å². The van der Waals surface area contributed by atoms with Gasteiger partial charge in [-0.3, -0.25) is 4.79 Å². The van der Waals surface area contributed by atoms with Gasteiger partial charge >= 0.3 is 0 Å². The number of benzene rings is 1. The van der Waals surface area contributed by atoms with Gasteiger partial charge in [0.25, 0.3) is 0 Å². The van der Waals surface area contributed by atoms with Crippen molar-refractivity contribution >= 4 is 21.6 Å². The minimum absolute atomic E-state index is 0.00236. The molecule has 5 atom stereocenters. The Morgan fingerprint density at radius 2 is 2.06 bits per heavy atom. The summed E-state index contributed by atoms with van der Waals surface area (Å²) in [6, 6.07) is 7.84. The normalized spacial score (nSPS) is 33.1. The Morgan fingerprint density at radius 3 is 2.85 bits per heavy atom. The predicted octanol–water partition coefficient (Wildman–Crippen LogP) is 0.983. The lowest BCUT2D eigenvalue weighted by molar-refractivity contribution is -0.128. The van der Waals surface area contributed by atoms with Gasteiger partial charge < -0.3 is 15.4 Å². The topological polar surface area (TPSA) is 127 Å². The molecule has 1 aromatic rings. The Kier molecular flexibility index (Phi) is 6.52. The second-order valence-electron chi connectivity index (χ2n) is 9.57. The minimum Gasteiger partial charge on any atom is -0.383 e. The fourth-order valence-corrected chi connectivity index (χ4v) is 7.52. The number of fused-ring (bicyclic) bond motifs is 2. The summed E-state index contributed by atoms with van der Waals surface area (Å²) in [6.07, 6.45) is 4.47. The van der Waals surface area contributed by atoms with Gasteiger partial charge in [-0.1, -0.05) is 12.8 Å². The van der Waals surface area contributed by atoms with Crippen LogP contribution in [0.3, 0.4) is 0 Å². The summed E-state index contributed by atoms with van der Waals surface area (Å²) < 4.78 is 32.1. The van der Waals surface area contributed by atoms with Crippen LogP contribution in [-0.2, 0) is 26.1 Å². The number of ether oxygens (including phenoxy) is 1. The molecule has 3 fully saturated rings. The monoisotopic (exact) mass is 488 g/mol. The Bertz CT molecular complexity index is 1090. The SMILES string of the molecule is COCCN1Cc2cc(NC3NN([C@H]4CCCC[C@@H]4C#N)C4CCNC(=O)C34)ccc2S1(=O)=O. The van der Waals surface area contributed by atoms with Crippen LogP contribution in [0.4, 0.5) is 5.69 Å². The summed E-state index contributed by atoms with van der Waals surface area (Å²) in [7, 11) is -1.96. The third-order valence-electron chi connectivity index (χ3n) is 7.61. The van der Waals surface area contributed by atoms with Gasteiger partial charge in [0.15, 0.2) is 0 Å². The second-order valence-corrected chi connectivity index (χ2v) is 11.5. The van der Waals surface area contributed by atoms with Crippen LogP contribution in [-0.4, -0.2) is 68.7 Å². The number of carbonyl (C=O) groups excluding carboxylic acids is 1. The van der Waals surface area contributed by atoms with Gasteiger partial charge in [-0.05, 0) is 43.0 Å². The molecule has 184 valence electrons. The van der Waals surface area contributed by atoms with Crippen LogP contribution in [0, 0.1) is 23.2 Å². The van der Waals surface area contributed by atoms with E-state index in [2.05, 4.69) is 27.1 Å². The van der Waals surface area contributed by atoms with Crippen molar-refractivity contribution in [3.05, 3.63) is 23.8 Å². The van der Waals surface area contributed by atoms with E-state index in [1.807, 2.05) is 6.07 Å². The quantitative estimate of drug-likeness (QED) is 0.541. The molecule has 2 saturated heterocycles. The summed E-state index contributed by atoms with van der Waals surface area (Å²) in [5, 5.41) is 18.3. The number of amides is 1. The highest BCUT2D eigenvalue weighted by Gasteiger charge is 2.51. The molecular formula is C23H32N6O4S. The molecule has 0 radical (unpaired) electrons. The fourth-order valence-electron chi connectivity index (χ4n) is 5.93. The molecule has 1 saturated carbocycles. The number of methoxy groups -OCH3 is 1. The summed E-state index contributed by atoms with van der Waals surface area (Å²) in [5.74, 6) is -0.346. The maximum Gasteiger partial charge on any atom is 0.243 e. The van der Waals surface area contributed by atoms with E-state index in [9.17, 15) is 18.5 Å². The van der Waals surface area contributed by atoms with E-state index >= 15 is 0 Å². The van der Waals surface area contributed by atoms with Crippen molar-refractivity contribution < 1.29 is 17.9 Å². The van der Waals surface area contributed by atoms with E-state index in [0.717, 1.165) is 43.4 Å². The van der Waals surface area contributed by atoms with E-state index in [1.165, 1.54) is 4.31 Å². The van der Waals surface area contributed by atoms with E-state index < -0.39 is 10.0 Å². The summed E-state index contributed by atoms with van der Waals surface area (Å²) in [4.78, 5) is 13.2. The zero-order valence-corrected chi connectivity index (χ0v) is 20.2. The van der Waals surface area contributed by atoms with Crippen LogP contribution in [0.5, 0.6) is 0 Å². The van der Waals surface area contributed by atoms with Crippen LogP contribution in [0.1, 0.15) is 37.7 Å². The fraction of sp³-hybridized carbons (Fsp3) is 0.652. The maximum atomic E-state index is 12.9. The number of carbonyl (C=O) groups is 1. The molecule has 0 aromatic heterocycles. The molecule has 4 aliphatic rings. The van der Waals surface area contributed by atoms with Gasteiger partial charge in [0.2, 0.25) is 15.9 Å². The van der Waals surface area contributed by atoms with E-state index in [1.54, 1.807) is 19.2 Å². The van der Waals surface area contributed by atoms with Crippen molar-refractivity contribution in [2.45, 2.75) is 61.8 Å². The van der Waals surface area contributed by atoms with Crippen molar-refractivity contribution in [3.63, 3.8) is 0 Å². The number of nitrogens with zero attached hydrogens (tertiary/aromatic N) is 3. The third-order valence-corrected chi connectivity index (χ3v) is 9.55. The van der Waals surface area contributed by atoms with Gasteiger partial charge in [0.05, 0.1) is 29.4 Å². The number of nitrogens with one attached hydrogen (secondary N) is 3. The van der Waals surface area contributed by atoms with Gasteiger partial charge in [0, 0.05) is 44.5 Å². The molecule has 3 aliphatic heterocycles. The smallest absolute Gasteiger partial charge is 0.243 e. The van der Waals surface area contributed by atoms with Crippen LogP contribution >= 0.6 is 0 Å². The van der Waals surface area contributed by atoms with Gasteiger partial charge in [-0.2, -0.15) is 9.57 Å². The second kappa shape index (κ2) is 9.43. The highest BCUT2D eigenvalue weighted by atomic mass is 32.2. The number of hydrogen-bond acceptors (Lipinski definition) is 8. The highest BCUT2D eigenvalue weighted by molar-refractivity contribution is 7.89. The molecule has 1 aromatic carbocycles. The minimum atomic E-state index is -3.52. The first kappa shape index (κ1) is 23.5. The number of rotatable bonds is 6. The Hall–Kier alpha value is -2.23. The molecule has 3 N–H and O–H groups in total. The Balaban J connectivity index is 1.37. The molecule has 11 heteroatoms. The lowest BCUT2D eigenvalue weighted by Crippen LogP contribution is -2.54. The number of anilines is 1. The summed E-state index contributed by atoms with van der Waals surface area (Å²) in [5.41, 5.74) is 5.03. The molecule has 1 aliphatic carbocycles. The number of hydrogen-bond donors (Lipinski definition) is 3. The lowest BCUT2D eigenvalue weighted by Gasteiger charge is -2.39. The van der Waals surface area contributed by atoms with Crippen LogP contribution < -0.4 is 16.1 Å². The summed E-state index contributed by atoms with van der Waals surface area (Å²) in [6.45, 7) is 1.58. The van der Waals surface area contributed by atoms with Crippen molar-refractivity contribution in [1.29, 1.82) is 5.26 Å². The average molecular weight is 489 g/mol. The predicted molar refractivity (Wildman–Crippen MR) is 125 cm³/mol. The number of nitriles is 1. The van der Waals surface area contributed by atoms with Crippen molar-refractivity contribution in [3.8, 4) is 6.07 Å². The number of hydrazine groups is 1. The highest BCUT2D eigenvalue weighted by Crippen LogP contribution is 2.37. The standard InChI is InChI=1S/C23H32N6O4S/c1-33-11-10-28-14-16-12-17(6-7-20(16)34(28,31)32)26-22-21-19(8-9-25-23(21)30)29(27-22)18-5-3-2-4-15(18)13-24/h6-7,12,15,18-19,21-22,26-27H,2-5,8-11,14H2,1H3,(H,25,30)/t15-,18+,19?,21?,22?/m1/s1. The molecule has 1 amide bonds. The molecule has 0 spiro atoms. The zero-order chi connectivity index (χ0) is 23.9. The van der Waals surface area contributed by atoms with Crippen LogP contribution in [0.25, 0.3) is 0 Å². The largest absolute Gasteiger partial charge is 0.383 e. The Morgan fingerprint density at radius 1 is 1.24 bits per heavy atom. The molecule has 5 rings (SSSR count). The molecule has 34 heavy (non-hydrogen) atoms. The molecule has 10 nitrogen and oxygen atoms in total. The van der Waals surface area contributed by atoms with E-state index in [4.69, 9.17) is 4.74 Å². The zero-order valence-electron chi connectivity index (χ0n) is 19.4. The van der Waals surface area contributed by atoms with Crippen molar-refractivity contribution in [1.82, 2.24) is 20.1 Å². The first-order valence-corrected chi connectivity index (χ1v) is 13.5.